The van der Waals surface area contributed by atoms with Crippen molar-refractivity contribution in [1.82, 2.24) is 5.32 Å². The molecule has 0 spiro atoms. The van der Waals surface area contributed by atoms with Gasteiger partial charge in [0.25, 0.3) is 0 Å². The Kier molecular flexibility index (Phi) is 6.38. The van der Waals surface area contributed by atoms with Crippen molar-refractivity contribution in [3.05, 3.63) is 29.8 Å². The van der Waals surface area contributed by atoms with Gasteiger partial charge in [0.2, 0.25) is 0 Å². The average Bonchev–Trinajstić information content (AvgIpc) is 2.72. The van der Waals surface area contributed by atoms with E-state index in [0.717, 1.165) is 18.9 Å². The zero-order chi connectivity index (χ0) is 14.2. The molecule has 0 atom stereocenters. The van der Waals surface area contributed by atoms with E-state index < -0.39 is 0 Å². The lowest BCUT2D eigenvalue weighted by Gasteiger charge is -2.16. The number of benzene rings is 1. The van der Waals surface area contributed by atoms with Crippen LogP contribution in [0.5, 0.6) is 5.75 Å². The molecule has 0 aliphatic heterocycles. The highest BCUT2D eigenvalue weighted by molar-refractivity contribution is 5.30. The molecule has 2 nitrogen and oxygen atoms in total. The van der Waals surface area contributed by atoms with Crippen LogP contribution in [0.15, 0.2) is 24.3 Å². The van der Waals surface area contributed by atoms with Crippen molar-refractivity contribution >= 4 is 0 Å². The zero-order valence-corrected chi connectivity index (χ0v) is 13.0. The highest BCUT2D eigenvalue weighted by atomic mass is 16.5. The van der Waals surface area contributed by atoms with E-state index in [2.05, 4.69) is 43.4 Å². The average molecular weight is 275 g/mol. The first-order valence-electron chi connectivity index (χ1n) is 8.22. The molecule has 0 unspecified atom stereocenters. The van der Waals surface area contributed by atoms with Gasteiger partial charge in [-0.25, -0.2) is 0 Å². The van der Waals surface area contributed by atoms with Crippen molar-refractivity contribution < 1.29 is 4.74 Å². The van der Waals surface area contributed by atoms with Crippen LogP contribution in [-0.2, 0) is 0 Å². The van der Waals surface area contributed by atoms with E-state index in [1.165, 1.54) is 44.1 Å². The molecule has 1 aliphatic carbocycles. The number of hydrogen-bond donors (Lipinski definition) is 1. The molecule has 1 fully saturated rings. The number of hydrogen-bond acceptors (Lipinski definition) is 2. The first kappa shape index (κ1) is 15.4. The number of ether oxygens (including phenoxy) is 1. The Labute approximate surface area is 123 Å². The topological polar surface area (TPSA) is 21.3 Å². The molecule has 0 bridgehead atoms. The Hall–Kier alpha value is -1.02. The second kappa shape index (κ2) is 8.31. The Balaban J connectivity index is 1.68. The molecule has 2 rings (SSSR count). The van der Waals surface area contributed by atoms with E-state index >= 15 is 0 Å². The molecule has 0 aromatic heterocycles. The van der Waals surface area contributed by atoms with Gasteiger partial charge in [0, 0.05) is 12.6 Å². The molecule has 1 aromatic carbocycles. The fraction of sp³-hybridized carbons (Fsp3) is 0.667. The molecule has 1 aromatic rings. The second-order valence-corrected chi connectivity index (χ2v) is 6.22. The largest absolute Gasteiger partial charge is 0.492 e. The lowest BCUT2D eigenvalue weighted by atomic mass is 10.0. The number of nitrogens with one attached hydrogen (secondary N) is 1. The summed E-state index contributed by atoms with van der Waals surface area (Å²) in [7, 11) is 0. The van der Waals surface area contributed by atoms with Gasteiger partial charge in [-0.1, -0.05) is 51.7 Å². The molecule has 112 valence electrons. The zero-order valence-electron chi connectivity index (χ0n) is 13.0. The summed E-state index contributed by atoms with van der Waals surface area (Å²) in [6, 6.07) is 9.18. The number of rotatable bonds is 6. The van der Waals surface area contributed by atoms with E-state index in [9.17, 15) is 0 Å². The van der Waals surface area contributed by atoms with Crippen LogP contribution < -0.4 is 10.1 Å². The SMILES string of the molecule is CC(C)c1cccc(OCCNC2CCCCCC2)c1. The first-order valence-corrected chi connectivity index (χ1v) is 8.22. The maximum Gasteiger partial charge on any atom is 0.119 e. The van der Waals surface area contributed by atoms with E-state index in [0.29, 0.717) is 12.0 Å². The van der Waals surface area contributed by atoms with Gasteiger partial charge in [-0.15, -0.1) is 0 Å². The van der Waals surface area contributed by atoms with Gasteiger partial charge in [-0.3, -0.25) is 0 Å². The van der Waals surface area contributed by atoms with Crippen LogP contribution >= 0.6 is 0 Å². The fourth-order valence-electron chi connectivity index (χ4n) is 2.88. The highest BCUT2D eigenvalue weighted by Crippen LogP contribution is 2.20. The van der Waals surface area contributed by atoms with Gasteiger partial charge >= 0.3 is 0 Å². The summed E-state index contributed by atoms with van der Waals surface area (Å²) in [6.45, 7) is 6.15. The van der Waals surface area contributed by atoms with Crippen LogP contribution in [0.2, 0.25) is 0 Å². The minimum absolute atomic E-state index is 0.558. The molecule has 1 aliphatic rings. The molecular weight excluding hydrogens is 246 g/mol. The quantitative estimate of drug-likeness (QED) is 0.609. The van der Waals surface area contributed by atoms with Gasteiger partial charge in [0.05, 0.1) is 0 Å². The maximum atomic E-state index is 5.86. The van der Waals surface area contributed by atoms with Crippen LogP contribution in [-0.4, -0.2) is 19.2 Å². The highest BCUT2D eigenvalue weighted by Gasteiger charge is 2.10. The van der Waals surface area contributed by atoms with Crippen molar-refractivity contribution in [3.8, 4) is 5.75 Å². The molecular formula is C18H29NO. The summed E-state index contributed by atoms with van der Waals surface area (Å²) < 4.78 is 5.86. The fourth-order valence-corrected chi connectivity index (χ4v) is 2.88. The molecule has 0 heterocycles. The van der Waals surface area contributed by atoms with Crippen molar-refractivity contribution in [2.75, 3.05) is 13.2 Å². The van der Waals surface area contributed by atoms with Gasteiger partial charge in [0.1, 0.15) is 12.4 Å². The third-order valence-corrected chi connectivity index (χ3v) is 4.18. The first-order chi connectivity index (χ1) is 9.75. The standard InChI is InChI=1S/C18H29NO/c1-15(2)16-8-7-11-18(14-16)20-13-12-19-17-9-5-3-4-6-10-17/h7-8,11,14-15,17,19H,3-6,9-10,12-13H2,1-2H3. The molecule has 2 heteroatoms. The van der Waals surface area contributed by atoms with Crippen molar-refractivity contribution in [1.29, 1.82) is 0 Å². The maximum absolute atomic E-state index is 5.86. The van der Waals surface area contributed by atoms with Crippen molar-refractivity contribution in [2.24, 2.45) is 0 Å². The molecule has 1 saturated carbocycles. The van der Waals surface area contributed by atoms with Crippen LogP contribution in [0.1, 0.15) is 63.9 Å². The Morgan fingerprint density at radius 3 is 2.60 bits per heavy atom. The molecule has 0 amide bonds. The molecule has 0 radical (unpaired) electrons. The summed E-state index contributed by atoms with van der Waals surface area (Å²) in [5, 5.41) is 3.64. The van der Waals surface area contributed by atoms with Crippen LogP contribution in [0.25, 0.3) is 0 Å². The van der Waals surface area contributed by atoms with E-state index in [1.54, 1.807) is 0 Å². The van der Waals surface area contributed by atoms with Gasteiger partial charge in [-0.05, 0) is 36.5 Å². The normalized spacial score (nSPS) is 17.1. The van der Waals surface area contributed by atoms with Crippen LogP contribution in [0.3, 0.4) is 0 Å². The summed E-state index contributed by atoms with van der Waals surface area (Å²) in [5.74, 6) is 1.56. The summed E-state index contributed by atoms with van der Waals surface area (Å²) in [5.41, 5.74) is 1.35. The lowest BCUT2D eigenvalue weighted by Crippen LogP contribution is -2.32. The van der Waals surface area contributed by atoms with Crippen molar-refractivity contribution in [2.45, 2.75) is 64.3 Å². The summed E-state index contributed by atoms with van der Waals surface area (Å²) in [6.07, 6.45) is 8.27. The Morgan fingerprint density at radius 2 is 1.90 bits per heavy atom. The minimum Gasteiger partial charge on any atom is -0.492 e. The predicted octanol–water partition coefficient (Wildman–Crippen LogP) is 4.50. The monoisotopic (exact) mass is 275 g/mol. The third-order valence-electron chi connectivity index (χ3n) is 4.18. The van der Waals surface area contributed by atoms with Crippen LogP contribution in [0.4, 0.5) is 0 Å². The van der Waals surface area contributed by atoms with Gasteiger partial charge in [0.15, 0.2) is 0 Å². The summed E-state index contributed by atoms with van der Waals surface area (Å²) in [4.78, 5) is 0. The van der Waals surface area contributed by atoms with E-state index in [4.69, 9.17) is 4.74 Å². The minimum atomic E-state index is 0.558. The van der Waals surface area contributed by atoms with E-state index in [1.807, 2.05) is 0 Å². The van der Waals surface area contributed by atoms with E-state index in [-0.39, 0.29) is 0 Å². The van der Waals surface area contributed by atoms with Gasteiger partial charge in [-0.2, -0.15) is 0 Å². The molecule has 20 heavy (non-hydrogen) atoms. The molecule has 0 saturated heterocycles. The summed E-state index contributed by atoms with van der Waals surface area (Å²) >= 11 is 0. The lowest BCUT2D eigenvalue weighted by molar-refractivity contribution is 0.300. The van der Waals surface area contributed by atoms with Crippen molar-refractivity contribution in [3.63, 3.8) is 0 Å². The smallest absolute Gasteiger partial charge is 0.119 e. The van der Waals surface area contributed by atoms with Gasteiger partial charge < -0.3 is 10.1 Å². The van der Waals surface area contributed by atoms with Crippen LogP contribution in [0, 0.1) is 0 Å². The molecule has 1 N–H and O–H groups in total. The second-order valence-electron chi connectivity index (χ2n) is 6.22. The Morgan fingerprint density at radius 1 is 1.15 bits per heavy atom. The predicted molar refractivity (Wildman–Crippen MR) is 85.5 cm³/mol. The third kappa shape index (κ3) is 5.16. The Bertz CT molecular complexity index is 381.